The van der Waals surface area contributed by atoms with Crippen LogP contribution < -0.4 is 0 Å². The summed E-state index contributed by atoms with van der Waals surface area (Å²) in [5.74, 6) is 0.0702. The van der Waals surface area contributed by atoms with Crippen LogP contribution in [-0.4, -0.2) is 17.1 Å². The summed E-state index contributed by atoms with van der Waals surface area (Å²) < 4.78 is 14.3. The zero-order valence-corrected chi connectivity index (χ0v) is 14.0. The fourth-order valence-electron chi connectivity index (χ4n) is 2.28. The van der Waals surface area contributed by atoms with E-state index in [4.69, 9.17) is 0 Å². The Kier molecular flexibility index (Phi) is 5.01. The van der Waals surface area contributed by atoms with Crippen molar-refractivity contribution in [2.75, 3.05) is 7.05 Å². The summed E-state index contributed by atoms with van der Waals surface area (Å²) in [5.41, 5.74) is 2.74. The molecule has 0 radical (unpaired) electrons. The van der Waals surface area contributed by atoms with E-state index in [9.17, 15) is 9.50 Å². The van der Waals surface area contributed by atoms with E-state index in [-0.39, 0.29) is 17.6 Å². The van der Waals surface area contributed by atoms with E-state index in [1.54, 1.807) is 19.1 Å². The van der Waals surface area contributed by atoms with Gasteiger partial charge in [0.1, 0.15) is 11.6 Å². The second kappa shape index (κ2) is 6.58. The van der Waals surface area contributed by atoms with E-state index in [1.807, 2.05) is 25.2 Å². The molecule has 0 aliphatic carbocycles. The molecular weight excluding hydrogens is 333 g/mol. The molecule has 0 saturated carbocycles. The smallest absolute Gasteiger partial charge is 0.127 e. The lowest BCUT2D eigenvalue weighted by molar-refractivity contribution is 0.252. The number of hydrogen-bond donors (Lipinski definition) is 1. The van der Waals surface area contributed by atoms with Gasteiger partial charge in [-0.1, -0.05) is 34.1 Å². The van der Waals surface area contributed by atoms with Gasteiger partial charge in [0.25, 0.3) is 0 Å². The molecule has 2 aromatic carbocycles. The lowest BCUT2D eigenvalue weighted by Crippen LogP contribution is -2.22. The largest absolute Gasteiger partial charge is 0.508 e. The average molecular weight is 352 g/mol. The topological polar surface area (TPSA) is 23.5 Å². The third-order valence-corrected chi connectivity index (χ3v) is 4.50. The number of rotatable bonds is 4. The highest BCUT2D eigenvalue weighted by atomic mass is 79.9. The molecule has 0 saturated heterocycles. The second-order valence-electron chi connectivity index (χ2n) is 5.38. The maximum Gasteiger partial charge on any atom is 0.127 e. The summed E-state index contributed by atoms with van der Waals surface area (Å²) in [7, 11) is 2.01. The van der Waals surface area contributed by atoms with Crippen LogP contribution in [0.3, 0.4) is 0 Å². The summed E-state index contributed by atoms with van der Waals surface area (Å²) in [5, 5.41) is 9.58. The molecule has 112 valence electrons. The van der Waals surface area contributed by atoms with Gasteiger partial charge in [-0.3, -0.25) is 4.90 Å². The molecule has 0 spiro atoms. The van der Waals surface area contributed by atoms with Crippen molar-refractivity contribution in [1.29, 1.82) is 0 Å². The van der Waals surface area contributed by atoms with Crippen molar-refractivity contribution in [1.82, 2.24) is 4.90 Å². The average Bonchev–Trinajstić information content (AvgIpc) is 2.43. The summed E-state index contributed by atoms with van der Waals surface area (Å²) >= 11 is 3.42. The van der Waals surface area contributed by atoms with Crippen molar-refractivity contribution in [3.63, 3.8) is 0 Å². The number of benzene rings is 2. The van der Waals surface area contributed by atoms with E-state index >= 15 is 0 Å². The highest BCUT2D eigenvalue weighted by Crippen LogP contribution is 2.27. The first kappa shape index (κ1) is 16.0. The lowest BCUT2D eigenvalue weighted by atomic mass is 10.1. The standard InChI is InChI=1S/C17H19BrFNO/c1-11-7-14(16(18)9-17(11)19)10-20(3)12(2)13-5-4-6-15(21)8-13/h4-9,12,21H,10H2,1-3H3. The van der Waals surface area contributed by atoms with Crippen LogP contribution in [0.25, 0.3) is 0 Å². The molecule has 0 aromatic heterocycles. The van der Waals surface area contributed by atoms with Gasteiger partial charge < -0.3 is 5.11 Å². The van der Waals surface area contributed by atoms with Crippen LogP contribution in [0.5, 0.6) is 5.75 Å². The molecule has 1 atom stereocenters. The van der Waals surface area contributed by atoms with Crippen LogP contribution in [-0.2, 0) is 6.54 Å². The number of aromatic hydroxyl groups is 1. The number of hydrogen-bond acceptors (Lipinski definition) is 2. The Labute approximate surface area is 133 Å². The summed E-state index contributed by atoms with van der Waals surface area (Å²) in [6, 6.07) is 10.8. The molecule has 0 amide bonds. The van der Waals surface area contributed by atoms with Gasteiger partial charge in [0.15, 0.2) is 0 Å². The number of halogens is 2. The van der Waals surface area contributed by atoms with Crippen LogP contribution in [0.1, 0.15) is 29.7 Å². The van der Waals surface area contributed by atoms with Crippen LogP contribution >= 0.6 is 15.9 Å². The van der Waals surface area contributed by atoms with Crippen molar-refractivity contribution in [2.24, 2.45) is 0 Å². The summed E-state index contributed by atoms with van der Waals surface area (Å²) in [6.45, 7) is 4.54. The second-order valence-corrected chi connectivity index (χ2v) is 6.23. The predicted molar refractivity (Wildman–Crippen MR) is 86.8 cm³/mol. The summed E-state index contributed by atoms with van der Waals surface area (Å²) in [4.78, 5) is 2.16. The number of nitrogens with zero attached hydrogens (tertiary/aromatic N) is 1. The first-order valence-corrected chi connectivity index (χ1v) is 7.61. The van der Waals surface area contributed by atoms with E-state index in [0.29, 0.717) is 12.1 Å². The van der Waals surface area contributed by atoms with E-state index in [2.05, 4.69) is 27.8 Å². The van der Waals surface area contributed by atoms with Gasteiger partial charge in [0, 0.05) is 17.1 Å². The molecule has 1 N–H and O–H groups in total. The Morgan fingerprint density at radius 3 is 2.67 bits per heavy atom. The van der Waals surface area contributed by atoms with Crippen LogP contribution in [0.4, 0.5) is 4.39 Å². The SMILES string of the molecule is Cc1cc(CN(C)C(C)c2cccc(O)c2)c(Br)cc1F. The van der Waals surface area contributed by atoms with Gasteiger partial charge in [-0.2, -0.15) is 0 Å². The van der Waals surface area contributed by atoms with Crippen molar-refractivity contribution in [2.45, 2.75) is 26.4 Å². The van der Waals surface area contributed by atoms with Gasteiger partial charge in [-0.05, 0) is 55.8 Å². The molecule has 0 heterocycles. The van der Waals surface area contributed by atoms with Crippen molar-refractivity contribution in [3.8, 4) is 5.75 Å². The molecule has 2 rings (SSSR count). The molecule has 0 fully saturated rings. The molecular formula is C17H19BrFNO. The van der Waals surface area contributed by atoms with E-state index in [1.165, 1.54) is 6.07 Å². The fraction of sp³-hybridized carbons (Fsp3) is 0.294. The highest BCUT2D eigenvalue weighted by Gasteiger charge is 2.14. The number of phenols is 1. The van der Waals surface area contributed by atoms with E-state index in [0.717, 1.165) is 15.6 Å². The monoisotopic (exact) mass is 351 g/mol. The maximum atomic E-state index is 13.5. The van der Waals surface area contributed by atoms with Crippen LogP contribution in [0.15, 0.2) is 40.9 Å². The van der Waals surface area contributed by atoms with Crippen molar-refractivity contribution < 1.29 is 9.50 Å². The Bertz CT molecular complexity index is 645. The number of aryl methyl sites for hydroxylation is 1. The molecule has 0 bridgehead atoms. The minimum Gasteiger partial charge on any atom is -0.508 e. The Morgan fingerprint density at radius 2 is 2.00 bits per heavy atom. The highest BCUT2D eigenvalue weighted by molar-refractivity contribution is 9.10. The first-order chi connectivity index (χ1) is 9.88. The van der Waals surface area contributed by atoms with Gasteiger partial charge in [-0.25, -0.2) is 4.39 Å². The maximum absolute atomic E-state index is 13.5. The molecule has 1 unspecified atom stereocenters. The van der Waals surface area contributed by atoms with Gasteiger partial charge in [0.05, 0.1) is 0 Å². The summed E-state index contributed by atoms with van der Waals surface area (Å²) in [6.07, 6.45) is 0. The quantitative estimate of drug-likeness (QED) is 0.855. The van der Waals surface area contributed by atoms with Gasteiger partial charge >= 0.3 is 0 Å². The minimum absolute atomic E-state index is 0.148. The minimum atomic E-state index is -0.200. The van der Waals surface area contributed by atoms with Crippen molar-refractivity contribution >= 4 is 15.9 Å². The van der Waals surface area contributed by atoms with Gasteiger partial charge in [0.2, 0.25) is 0 Å². The Hall–Kier alpha value is -1.39. The van der Waals surface area contributed by atoms with Crippen LogP contribution in [0, 0.1) is 12.7 Å². The normalized spacial score (nSPS) is 12.7. The lowest BCUT2D eigenvalue weighted by Gasteiger charge is -2.26. The first-order valence-electron chi connectivity index (χ1n) is 6.82. The third-order valence-electron chi connectivity index (χ3n) is 3.76. The van der Waals surface area contributed by atoms with Crippen LogP contribution in [0.2, 0.25) is 0 Å². The van der Waals surface area contributed by atoms with Crippen molar-refractivity contribution in [3.05, 3.63) is 63.4 Å². The van der Waals surface area contributed by atoms with E-state index < -0.39 is 0 Å². The Morgan fingerprint density at radius 1 is 1.29 bits per heavy atom. The molecule has 4 heteroatoms. The molecule has 0 aliphatic rings. The molecule has 2 aromatic rings. The number of phenolic OH excluding ortho intramolecular Hbond substituents is 1. The zero-order valence-electron chi connectivity index (χ0n) is 12.4. The predicted octanol–water partition coefficient (Wildman–Crippen LogP) is 4.80. The molecule has 21 heavy (non-hydrogen) atoms. The molecule has 0 aliphatic heterocycles. The third kappa shape index (κ3) is 3.83. The Balaban J connectivity index is 2.18. The van der Waals surface area contributed by atoms with Gasteiger partial charge in [-0.15, -0.1) is 0 Å². The fourth-order valence-corrected chi connectivity index (χ4v) is 2.72. The zero-order chi connectivity index (χ0) is 15.6. The molecule has 2 nitrogen and oxygen atoms in total.